The molecule has 0 atom stereocenters. The average molecular weight is 278 g/mol. The highest BCUT2D eigenvalue weighted by Crippen LogP contribution is 2.13. The molecule has 2 rings (SSSR count). The molecule has 0 aliphatic carbocycles. The summed E-state index contributed by atoms with van der Waals surface area (Å²) < 4.78 is 0. The van der Waals surface area contributed by atoms with Crippen LogP contribution in [0.3, 0.4) is 0 Å². The van der Waals surface area contributed by atoms with Gasteiger partial charge in [-0.15, -0.1) is 10.2 Å². The summed E-state index contributed by atoms with van der Waals surface area (Å²) in [7, 11) is 0. The number of rotatable bonds is 6. The van der Waals surface area contributed by atoms with Crippen LogP contribution in [0.4, 0.5) is 5.82 Å². The van der Waals surface area contributed by atoms with Gasteiger partial charge in [0.1, 0.15) is 0 Å². The van der Waals surface area contributed by atoms with Gasteiger partial charge in [-0.3, -0.25) is 9.69 Å². The van der Waals surface area contributed by atoms with Crippen molar-refractivity contribution in [3.63, 3.8) is 0 Å². The number of anilines is 1. The van der Waals surface area contributed by atoms with E-state index in [0.717, 1.165) is 57.9 Å². The summed E-state index contributed by atoms with van der Waals surface area (Å²) in [6.07, 6.45) is 2.24. The molecule has 7 nitrogen and oxygen atoms in total. The predicted molar refractivity (Wildman–Crippen MR) is 77.5 cm³/mol. The van der Waals surface area contributed by atoms with E-state index in [1.165, 1.54) is 0 Å². The van der Waals surface area contributed by atoms with Crippen LogP contribution in [-0.2, 0) is 0 Å². The minimum atomic E-state index is -0.547. The van der Waals surface area contributed by atoms with Gasteiger partial charge < -0.3 is 16.4 Å². The zero-order chi connectivity index (χ0) is 14.4. The monoisotopic (exact) mass is 278 g/mol. The smallest absolute Gasteiger partial charge is 0.269 e. The zero-order valence-corrected chi connectivity index (χ0v) is 11.7. The van der Waals surface area contributed by atoms with E-state index in [4.69, 9.17) is 11.5 Å². The molecule has 1 aliphatic heterocycles. The van der Waals surface area contributed by atoms with Crippen LogP contribution < -0.4 is 16.4 Å². The van der Waals surface area contributed by atoms with Crippen molar-refractivity contribution in [2.75, 3.05) is 44.2 Å². The average Bonchev–Trinajstić information content (AvgIpc) is 2.48. The first-order valence-electron chi connectivity index (χ1n) is 7.01. The largest absolute Gasteiger partial charge is 0.364 e. The summed E-state index contributed by atoms with van der Waals surface area (Å²) in [5, 5.41) is 7.90. The van der Waals surface area contributed by atoms with Crippen molar-refractivity contribution >= 4 is 11.7 Å². The van der Waals surface area contributed by atoms with Crippen molar-refractivity contribution in [2.45, 2.75) is 12.8 Å². The van der Waals surface area contributed by atoms with Crippen LogP contribution in [0.1, 0.15) is 23.3 Å². The molecule has 110 valence electrons. The van der Waals surface area contributed by atoms with E-state index >= 15 is 0 Å². The molecule has 0 unspecified atom stereocenters. The molecule has 2 heterocycles. The molecule has 4 N–H and O–H groups in total. The van der Waals surface area contributed by atoms with Crippen molar-refractivity contribution in [1.29, 1.82) is 0 Å². The highest BCUT2D eigenvalue weighted by Gasteiger charge is 2.18. The maximum absolute atomic E-state index is 10.9. The molecular formula is C13H22N6O. The van der Waals surface area contributed by atoms with E-state index in [1.54, 1.807) is 12.1 Å². The van der Waals surface area contributed by atoms with Crippen molar-refractivity contribution in [3.8, 4) is 0 Å². The zero-order valence-electron chi connectivity index (χ0n) is 11.7. The molecule has 0 spiro atoms. The van der Waals surface area contributed by atoms with Gasteiger partial charge in [-0.25, -0.2) is 0 Å². The topological polar surface area (TPSA) is 101 Å². The number of nitrogens with two attached hydrogens (primary N) is 2. The Balaban J connectivity index is 1.82. The maximum atomic E-state index is 10.9. The number of hydrogen-bond donors (Lipinski definition) is 2. The van der Waals surface area contributed by atoms with Crippen LogP contribution in [0.5, 0.6) is 0 Å². The highest BCUT2D eigenvalue weighted by molar-refractivity contribution is 5.90. The van der Waals surface area contributed by atoms with Gasteiger partial charge in [-0.1, -0.05) is 0 Å². The number of hydrogen-bond acceptors (Lipinski definition) is 6. The number of piperazine rings is 1. The Morgan fingerprint density at radius 2 is 1.90 bits per heavy atom. The highest BCUT2D eigenvalue weighted by atomic mass is 16.1. The molecule has 20 heavy (non-hydrogen) atoms. The predicted octanol–water partition coefficient (Wildman–Crippen LogP) is -0.564. The number of aromatic nitrogens is 2. The molecule has 7 heteroatoms. The summed E-state index contributed by atoms with van der Waals surface area (Å²) in [5.41, 5.74) is 10.9. The molecular weight excluding hydrogens is 256 g/mol. The molecule has 1 aromatic rings. The second kappa shape index (κ2) is 7.16. The molecule has 0 bridgehead atoms. The second-order valence-electron chi connectivity index (χ2n) is 4.97. The summed E-state index contributed by atoms with van der Waals surface area (Å²) in [6, 6.07) is 3.43. The Bertz CT molecular complexity index is 427. The number of carbonyl (C=O) groups excluding carboxylic acids is 1. The normalized spacial score (nSPS) is 16.4. The molecule has 0 saturated carbocycles. The van der Waals surface area contributed by atoms with Gasteiger partial charge in [0, 0.05) is 26.2 Å². The third-order valence-corrected chi connectivity index (χ3v) is 3.53. The van der Waals surface area contributed by atoms with E-state index in [9.17, 15) is 4.79 Å². The van der Waals surface area contributed by atoms with Gasteiger partial charge in [-0.05, 0) is 38.1 Å². The molecule has 1 saturated heterocycles. The third-order valence-electron chi connectivity index (χ3n) is 3.53. The molecule has 0 aromatic carbocycles. The van der Waals surface area contributed by atoms with Crippen LogP contribution in [0, 0.1) is 0 Å². The fourth-order valence-corrected chi connectivity index (χ4v) is 2.31. The lowest BCUT2D eigenvalue weighted by Gasteiger charge is -2.35. The van der Waals surface area contributed by atoms with Crippen molar-refractivity contribution < 1.29 is 4.79 Å². The lowest BCUT2D eigenvalue weighted by molar-refractivity contribution is 0.0994. The molecule has 1 fully saturated rings. The fourth-order valence-electron chi connectivity index (χ4n) is 2.31. The minimum Gasteiger partial charge on any atom is -0.364 e. The molecule has 0 radical (unpaired) electrons. The standard InChI is InChI=1S/C13H22N6O/c14-5-1-2-6-18-7-9-19(10-8-18)12-4-3-11(13(15)20)16-17-12/h3-4H,1-2,5-10,14H2,(H2,15,20). The Hall–Kier alpha value is -1.73. The maximum Gasteiger partial charge on any atom is 0.269 e. The van der Waals surface area contributed by atoms with Crippen LogP contribution in [-0.4, -0.2) is 60.3 Å². The van der Waals surface area contributed by atoms with Crippen LogP contribution >= 0.6 is 0 Å². The fraction of sp³-hybridized carbons (Fsp3) is 0.615. The first-order chi connectivity index (χ1) is 9.70. The first-order valence-corrected chi connectivity index (χ1v) is 7.01. The van der Waals surface area contributed by atoms with Gasteiger partial charge in [0.15, 0.2) is 11.5 Å². The lowest BCUT2D eigenvalue weighted by Crippen LogP contribution is -2.47. The Morgan fingerprint density at radius 3 is 2.45 bits per heavy atom. The first kappa shape index (κ1) is 14.7. The summed E-state index contributed by atoms with van der Waals surface area (Å²) >= 11 is 0. The summed E-state index contributed by atoms with van der Waals surface area (Å²) in [5.74, 6) is 0.255. The van der Waals surface area contributed by atoms with Crippen LogP contribution in [0.15, 0.2) is 12.1 Å². The molecule has 1 aliphatic rings. The second-order valence-corrected chi connectivity index (χ2v) is 4.97. The summed E-state index contributed by atoms with van der Waals surface area (Å²) in [4.78, 5) is 15.6. The Kier molecular flexibility index (Phi) is 5.25. The Morgan fingerprint density at radius 1 is 1.15 bits per heavy atom. The minimum absolute atomic E-state index is 0.203. The number of unbranched alkanes of at least 4 members (excludes halogenated alkanes) is 1. The lowest BCUT2D eigenvalue weighted by atomic mass is 10.2. The van der Waals surface area contributed by atoms with Crippen LogP contribution in [0.2, 0.25) is 0 Å². The SMILES string of the molecule is NCCCCN1CCN(c2ccc(C(N)=O)nn2)CC1. The van der Waals surface area contributed by atoms with Gasteiger partial charge >= 0.3 is 0 Å². The van der Waals surface area contributed by atoms with Crippen LogP contribution in [0.25, 0.3) is 0 Å². The van der Waals surface area contributed by atoms with E-state index in [1.807, 2.05) is 0 Å². The van der Waals surface area contributed by atoms with E-state index in [-0.39, 0.29) is 5.69 Å². The number of nitrogens with zero attached hydrogens (tertiary/aromatic N) is 4. The molecule has 1 aromatic heterocycles. The number of primary amides is 1. The van der Waals surface area contributed by atoms with Crippen molar-refractivity contribution in [3.05, 3.63) is 17.8 Å². The van der Waals surface area contributed by atoms with Crippen molar-refractivity contribution in [2.24, 2.45) is 11.5 Å². The van der Waals surface area contributed by atoms with Gasteiger partial charge in [0.25, 0.3) is 5.91 Å². The van der Waals surface area contributed by atoms with Gasteiger partial charge in [-0.2, -0.15) is 0 Å². The quantitative estimate of drug-likeness (QED) is 0.676. The number of amides is 1. The number of carbonyl (C=O) groups is 1. The summed E-state index contributed by atoms with van der Waals surface area (Å²) in [6.45, 7) is 5.76. The van der Waals surface area contributed by atoms with Gasteiger partial charge in [0.05, 0.1) is 0 Å². The van der Waals surface area contributed by atoms with E-state index in [0.29, 0.717) is 0 Å². The van der Waals surface area contributed by atoms with Gasteiger partial charge in [0.2, 0.25) is 0 Å². The van der Waals surface area contributed by atoms with E-state index in [2.05, 4.69) is 20.0 Å². The van der Waals surface area contributed by atoms with E-state index < -0.39 is 5.91 Å². The Labute approximate surface area is 118 Å². The third kappa shape index (κ3) is 3.88. The molecule has 1 amide bonds. The van der Waals surface area contributed by atoms with Crippen molar-refractivity contribution in [1.82, 2.24) is 15.1 Å².